The Morgan fingerprint density at radius 1 is 0.667 bits per heavy atom. The van der Waals surface area contributed by atoms with Crippen molar-refractivity contribution < 1.29 is 14.4 Å². The number of pyridine rings is 1. The number of carbonyl (C=O) groups is 3. The van der Waals surface area contributed by atoms with E-state index in [1.807, 2.05) is 30.3 Å². The summed E-state index contributed by atoms with van der Waals surface area (Å²) < 4.78 is 0. The number of carbonyl (C=O) groups excluding carboxylic acids is 3. The summed E-state index contributed by atoms with van der Waals surface area (Å²) in [6, 6.07) is 19.5. The first kappa shape index (κ1) is 20.9. The van der Waals surface area contributed by atoms with E-state index in [9.17, 15) is 14.4 Å². The van der Waals surface area contributed by atoms with Gasteiger partial charge in [-0.1, -0.05) is 42.5 Å². The molecular weight excluding hydrogens is 378 g/mol. The number of nitrogens with zero attached hydrogens (tertiary/aromatic N) is 1. The molecule has 1 aromatic heterocycles. The van der Waals surface area contributed by atoms with Gasteiger partial charge in [0.15, 0.2) is 5.78 Å². The van der Waals surface area contributed by atoms with Gasteiger partial charge in [0.1, 0.15) is 0 Å². The van der Waals surface area contributed by atoms with Gasteiger partial charge in [0.25, 0.3) is 11.8 Å². The summed E-state index contributed by atoms with van der Waals surface area (Å²) in [7, 11) is 0. The molecule has 30 heavy (non-hydrogen) atoms. The van der Waals surface area contributed by atoms with Gasteiger partial charge < -0.3 is 10.6 Å². The highest BCUT2D eigenvalue weighted by atomic mass is 16.2. The second-order valence-corrected chi connectivity index (χ2v) is 6.76. The molecule has 6 nitrogen and oxygen atoms in total. The molecule has 0 aliphatic rings. The number of hydrogen-bond donors (Lipinski definition) is 2. The van der Waals surface area contributed by atoms with Crippen molar-refractivity contribution in [2.45, 2.75) is 12.8 Å². The minimum atomic E-state index is -0.211. The molecule has 0 fully saturated rings. The average molecular weight is 401 g/mol. The fraction of sp³-hybridized carbons (Fsp3) is 0.167. The predicted molar refractivity (Wildman–Crippen MR) is 114 cm³/mol. The molecule has 0 saturated heterocycles. The Bertz CT molecular complexity index is 987. The van der Waals surface area contributed by atoms with Crippen LogP contribution in [0.15, 0.2) is 79.1 Å². The van der Waals surface area contributed by atoms with E-state index < -0.39 is 0 Å². The monoisotopic (exact) mass is 401 g/mol. The molecular formula is C24H23N3O3. The third-order valence-corrected chi connectivity index (χ3v) is 4.54. The quantitative estimate of drug-likeness (QED) is 0.426. The molecule has 0 spiro atoms. The lowest BCUT2D eigenvalue weighted by Crippen LogP contribution is -2.29. The first-order valence-electron chi connectivity index (χ1n) is 9.77. The Balaban J connectivity index is 1.40. The number of benzene rings is 2. The lowest BCUT2D eigenvalue weighted by molar-refractivity contribution is 0.0947. The van der Waals surface area contributed by atoms with E-state index in [1.165, 1.54) is 0 Å². The van der Waals surface area contributed by atoms with Crippen LogP contribution in [-0.2, 0) is 6.42 Å². The van der Waals surface area contributed by atoms with Gasteiger partial charge in [0.2, 0.25) is 0 Å². The van der Waals surface area contributed by atoms with Gasteiger partial charge in [-0.05, 0) is 36.2 Å². The van der Waals surface area contributed by atoms with Crippen LogP contribution in [0, 0.1) is 0 Å². The van der Waals surface area contributed by atoms with Crippen LogP contribution >= 0.6 is 0 Å². The van der Waals surface area contributed by atoms with Crippen molar-refractivity contribution in [2.75, 3.05) is 13.1 Å². The van der Waals surface area contributed by atoms with Crippen molar-refractivity contribution in [2.24, 2.45) is 0 Å². The lowest BCUT2D eigenvalue weighted by Gasteiger charge is -2.08. The zero-order valence-corrected chi connectivity index (χ0v) is 16.5. The first-order valence-corrected chi connectivity index (χ1v) is 9.77. The van der Waals surface area contributed by atoms with Crippen LogP contribution in [0.1, 0.15) is 43.1 Å². The average Bonchev–Trinajstić information content (AvgIpc) is 2.80. The topological polar surface area (TPSA) is 88.2 Å². The van der Waals surface area contributed by atoms with Crippen LogP contribution in [0.3, 0.4) is 0 Å². The van der Waals surface area contributed by atoms with Crippen molar-refractivity contribution in [1.82, 2.24) is 15.6 Å². The minimum absolute atomic E-state index is 0.0121. The molecule has 0 unspecified atom stereocenters. The molecule has 2 aromatic carbocycles. The third-order valence-electron chi connectivity index (χ3n) is 4.54. The fourth-order valence-corrected chi connectivity index (χ4v) is 2.89. The van der Waals surface area contributed by atoms with Crippen LogP contribution in [0.2, 0.25) is 0 Å². The van der Waals surface area contributed by atoms with Gasteiger partial charge in [-0.15, -0.1) is 0 Å². The van der Waals surface area contributed by atoms with Crippen LogP contribution < -0.4 is 10.6 Å². The maximum absolute atomic E-state index is 12.4. The van der Waals surface area contributed by atoms with Crippen molar-refractivity contribution in [3.05, 3.63) is 101 Å². The zero-order valence-electron chi connectivity index (χ0n) is 16.5. The van der Waals surface area contributed by atoms with Crippen LogP contribution in [0.5, 0.6) is 0 Å². The minimum Gasteiger partial charge on any atom is -0.352 e. The maximum atomic E-state index is 12.4. The molecule has 0 bridgehead atoms. The number of nitrogens with one attached hydrogen (secondary N) is 2. The van der Waals surface area contributed by atoms with Crippen LogP contribution in [-0.4, -0.2) is 35.7 Å². The summed E-state index contributed by atoms with van der Waals surface area (Å²) in [4.78, 5) is 40.4. The number of Topliss-reactive ketones (excluding diaryl/α,β-unsaturated/α-hetero) is 1. The number of hydrogen-bond acceptors (Lipinski definition) is 4. The zero-order chi connectivity index (χ0) is 21.2. The molecule has 0 aliphatic carbocycles. The Hall–Kier alpha value is -3.80. The van der Waals surface area contributed by atoms with Crippen molar-refractivity contribution >= 4 is 17.6 Å². The predicted octanol–water partition coefficient (Wildman–Crippen LogP) is 3.06. The van der Waals surface area contributed by atoms with E-state index in [1.54, 1.807) is 48.8 Å². The molecule has 152 valence electrons. The summed E-state index contributed by atoms with van der Waals surface area (Å²) in [5.41, 5.74) is 2.58. The number of amides is 2. The van der Waals surface area contributed by atoms with Crippen molar-refractivity contribution in [3.8, 4) is 0 Å². The lowest BCUT2D eigenvalue weighted by atomic mass is 10.0. The van der Waals surface area contributed by atoms with E-state index in [-0.39, 0.29) is 17.6 Å². The van der Waals surface area contributed by atoms with Gasteiger partial charge in [-0.25, -0.2) is 0 Å². The SMILES string of the molecule is O=C(Cc1ccccc1)c1ccc(C(=O)NCCCNC(=O)c2ccncc2)cc1. The summed E-state index contributed by atoms with van der Waals surface area (Å²) in [5, 5.41) is 5.61. The fourth-order valence-electron chi connectivity index (χ4n) is 2.89. The molecule has 3 aromatic rings. The smallest absolute Gasteiger partial charge is 0.251 e. The second-order valence-electron chi connectivity index (χ2n) is 6.76. The Morgan fingerprint density at radius 3 is 1.80 bits per heavy atom. The number of rotatable bonds is 9. The maximum Gasteiger partial charge on any atom is 0.251 e. The van der Waals surface area contributed by atoms with E-state index in [0.717, 1.165) is 5.56 Å². The van der Waals surface area contributed by atoms with Crippen molar-refractivity contribution in [1.29, 1.82) is 0 Å². The number of ketones is 1. The summed E-state index contributed by atoms with van der Waals surface area (Å²) in [5.74, 6) is -0.366. The molecule has 0 aliphatic heterocycles. The number of aromatic nitrogens is 1. The van der Waals surface area contributed by atoms with Crippen molar-refractivity contribution in [3.63, 3.8) is 0 Å². The second kappa shape index (κ2) is 10.7. The standard InChI is InChI=1S/C24H23N3O3/c28-22(17-18-5-2-1-3-6-18)19-7-9-20(10-8-19)23(29)26-13-4-14-27-24(30)21-11-15-25-16-12-21/h1-3,5-12,15-16H,4,13-14,17H2,(H,26,29)(H,27,30). The molecule has 3 rings (SSSR count). The van der Waals surface area contributed by atoms with E-state index in [4.69, 9.17) is 0 Å². The molecule has 2 amide bonds. The highest BCUT2D eigenvalue weighted by Crippen LogP contribution is 2.09. The molecule has 6 heteroatoms. The van der Waals surface area contributed by atoms with Crippen LogP contribution in [0.4, 0.5) is 0 Å². The van der Waals surface area contributed by atoms with E-state index >= 15 is 0 Å². The first-order chi connectivity index (χ1) is 14.6. The molecule has 1 heterocycles. The van der Waals surface area contributed by atoms with Gasteiger partial charge in [0, 0.05) is 48.6 Å². The van der Waals surface area contributed by atoms with Crippen LogP contribution in [0.25, 0.3) is 0 Å². The summed E-state index contributed by atoms with van der Waals surface area (Å²) in [6.45, 7) is 0.887. The largest absolute Gasteiger partial charge is 0.352 e. The van der Waals surface area contributed by atoms with E-state index in [2.05, 4.69) is 15.6 Å². The Morgan fingerprint density at radius 2 is 1.20 bits per heavy atom. The molecule has 2 N–H and O–H groups in total. The van der Waals surface area contributed by atoms with Gasteiger partial charge in [-0.3, -0.25) is 19.4 Å². The normalized spacial score (nSPS) is 10.3. The van der Waals surface area contributed by atoms with Gasteiger partial charge in [-0.2, -0.15) is 0 Å². The Labute approximate surface area is 175 Å². The highest BCUT2D eigenvalue weighted by Gasteiger charge is 2.10. The molecule has 0 saturated carbocycles. The summed E-state index contributed by atoms with van der Waals surface area (Å²) >= 11 is 0. The molecule has 0 atom stereocenters. The highest BCUT2D eigenvalue weighted by molar-refractivity contribution is 5.99. The summed E-state index contributed by atoms with van der Waals surface area (Å²) in [6.07, 6.45) is 4.07. The Kier molecular flexibility index (Phi) is 7.44. The van der Waals surface area contributed by atoms with E-state index in [0.29, 0.717) is 42.6 Å². The van der Waals surface area contributed by atoms with Gasteiger partial charge >= 0.3 is 0 Å². The van der Waals surface area contributed by atoms with Gasteiger partial charge in [0.05, 0.1) is 0 Å². The molecule has 0 radical (unpaired) electrons. The third kappa shape index (κ3) is 6.10.